The molecule has 6 nitrogen and oxygen atoms in total. The molecule has 19 heavy (non-hydrogen) atoms. The SMILES string of the molecule is COc1cc(F)c(S(=O)(=O)N[C@@H](C)CO)cc1OC. The summed E-state index contributed by atoms with van der Waals surface area (Å²) in [6.45, 7) is 1.06. The number of sulfonamides is 1. The van der Waals surface area contributed by atoms with Crippen LogP contribution >= 0.6 is 0 Å². The summed E-state index contributed by atoms with van der Waals surface area (Å²) < 4.78 is 49.6. The third kappa shape index (κ3) is 3.55. The molecule has 1 rings (SSSR count). The molecule has 0 unspecified atom stereocenters. The fourth-order valence-electron chi connectivity index (χ4n) is 1.41. The van der Waals surface area contributed by atoms with E-state index in [9.17, 15) is 12.8 Å². The second kappa shape index (κ2) is 6.18. The number of nitrogens with one attached hydrogen (secondary N) is 1. The van der Waals surface area contributed by atoms with Gasteiger partial charge in [0.15, 0.2) is 11.5 Å². The topological polar surface area (TPSA) is 84.9 Å². The first-order valence-electron chi connectivity index (χ1n) is 5.40. The smallest absolute Gasteiger partial charge is 0.243 e. The molecule has 0 radical (unpaired) electrons. The molecule has 0 aliphatic heterocycles. The number of methoxy groups -OCH3 is 2. The van der Waals surface area contributed by atoms with Crippen LogP contribution in [0.3, 0.4) is 0 Å². The van der Waals surface area contributed by atoms with Crippen molar-refractivity contribution >= 4 is 10.0 Å². The van der Waals surface area contributed by atoms with Gasteiger partial charge in [-0.25, -0.2) is 17.5 Å². The number of benzene rings is 1. The molecule has 0 saturated carbocycles. The molecule has 0 amide bonds. The first-order chi connectivity index (χ1) is 8.85. The van der Waals surface area contributed by atoms with E-state index in [1.807, 2.05) is 0 Å². The number of hydrogen-bond donors (Lipinski definition) is 2. The zero-order valence-corrected chi connectivity index (χ0v) is 11.6. The molecule has 1 aromatic rings. The Bertz CT molecular complexity index is 546. The van der Waals surface area contributed by atoms with Crippen LogP contribution in [0.5, 0.6) is 11.5 Å². The van der Waals surface area contributed by atoms with Gasteiger partial charge in [0, 0.05) is 18.2 Å². The van der Waals surface area contributed by atoms with Crippen LogP contribution < -0.4 is 14.2 Å². The van der Waals surface area contributed by atoms with Crippen LogP contribution in [0.1, 0.15) is 6.92 Å². The maximum Gasteiger partial charge on any atom is 0.243 e. The molecule has 2 N–H and O–H groups in total. The summed E-state index contributed by atoms with van der Waals surface area (Å²) in [6, 6.07) is 1.23. The lowest BCUT2D eigenvalue weighted by molar-refractivity contribution is 0.265. The zero-order valence-electron chi connectivity index (χ0n) is 10.8. The van der Waals surface area contributed by atoms with Crippen molar-refractivity contribution in [3.05, 3.63) is 17.9 Å². The number of ether oxygens (including phenoxy) is 2. The molecule has 8 heteroatoms. The molecule has 0 aliphatic carbocycles. The van der Waals surface area contributed by atoms with Gasteiger partial charge in [-0.3, -0.25) is 0 Å². The Morgan fingerprint density at radius 2 is 1.84 bits per heavy atom. The average Bonchev–Trinajstić information content (AvgIpc) is 2.37. The van der Waals surface area contributed by atoms with Gasteiger partial charge < -0.3 is 14.6 Å². The van der Waals surface area contributed by atoms with E-state index in [1.165, 1.54) is 21.1 Å². The lowest BCUT2D eigenvalue weighted by atomic mass is 10.3. The molecule has 0 saturated heterocycles. The van der Waals surface area contributed by atoms with Crippen molar-refractivity contribution in [3.8, 4) is 11.5 Å². The number of aliphatic hydroxyl groups is 1. The molecule has 0 aliphatic rings. The summed E-state index contributed by atoms with van der Waals surface area (Å²) in [5.41, 5.74) is 0. The highest BCUT2D eigenvalue weighted by Crippen LogP contribution is 2.31. The Morgan fingerprint density at radius 3 is 2.32 bits per heavy atom. The minimum absolute atomic E-state index is 0.0918. The molecular weight excluding hydrogens is 277 g/mol. The van der Waals surface area contributed by atoms with Crippen LogP contribution in [0.4, 0.5) is 4.39 Å². The first-order valence-corrected chi connectivity index (χ1v) is 6.88. The number of aliphatic hydroxyl groups excluding tert-OH is 1. The maximum absolute atomic E-state index is 13.8. The Balaban J connectivity index is 3.27. The van der Waals surface area contributed by atoms with E-state index in [0.29, 0.717) is 0 Å². The second-order valence-corrected chi connectivity index (χ2v) is 5.52. The molecule has 1 aromatic carbocycles. The Hall–Kier alpha value is -1.38. The monoisotopic (exact) mass is 293 g/mol. The van der Waals surface area contributed by atoms with Gasteiger partial charge in [-0.1, -0.05) is 0 Å². The zero-order chi connectivity index (χ0) is 14.6. The van der Waals surface area contributed by atoms with Crippen LogP contribution in [-0.2, 0) is 10.0 Å². The van der Waals surface area contributed by atoms with Crippen molar-refractivity contribution in [2.24, 2.45) is 0 Å². The van der Waals surface area contributed by atoms with Gasteiger partial charge >= 0.3 is 0 Å². The number of hydrogen-bond acceptors (Lipinski definition) is 5. The van der Waals surface area contributed by atoms with Gasteiger partial charge in [0.1, 0.15) is 10.7 Å². The normalized spacial score (nSPS) is 13.1. The van der Waals surface area contributed by atoms with Crippen LogP contribution in [0.25, 0.3) is 0 Å². The molecule has 1 atom stereocenters. The molecular formula is C11H16FNO5S. The molecule has 0 bridgehead atoms. The van der Waals surface area contributed by atoms with Crippen LogP contribution in [0.2, 0.25) is 0 Å². The summed E-state index contributed by atoms with van der Waals surface area (Å²) in [5.74, 6) is -0.773. The predicted molar refractivity (Wildman–Crippen MR) is 66.4 cm³/mol. The Kier molecular flexibility index (Phi) is 5.10. The van der Waals surface area contributed by atoms with Crippen molar-refractivity contribution in [1.82, 2.24) is 4.72 Å². The lowest BCUT2D eigenvalue weighted by Crippen LogP contribution is -2.35. The van der Waals surface area contributed by atoms with Crippen LogP contribution in [0, 0.1) is 5.82 Å². The predicted octanol–water partition coefficient (Wildman–Crippen LogP) is 0.502. The molecule has 108 valence electrons. The van der Waals surface area contributed by atoms with Gasteiger partial charge in [-0.05, 0) is 6.92 Å². The fraction of sp³-hybridized carbons (Fsp3) is 0.455. The maximum atomic E-state index is 13.8. The van der Waals surface area contributed by atoms with Gasteiger partial charge in [0.25, 0.3) is 0 Å². The summed E-state index contributed by atoms with van der Waals surface area (Å²) in [4.78, 5) is -0.564. The highest BCUT2D eigenvalue weighted by molar-refractivity contribution is 7.89. The molecule has 0 spiro atoms. The minimum atomic E-state index is -4.08. The van der Waals surface area contributed by atoms with E-state index in [1.54, 1.807) is 0 Å². The minimum Gasteiger partial charge on any atom is -0.493 e. The lowest BCUT2D eigenvalue weighted by Gasteiger charge is -2.14. The summed E-state index contributed by atoms with van der Waals surface area (Å²) in [5, 5.41) is 8.83. The van der Waals surface area contributed by atoms with Crippen molar-refractivity contribution in [3.63, 3.8) is 0 Å². The van der Waals surface area contributed by atoms with Crippen molar-refractivity contribution in [2.75, 3.05) is 20.8 Å². The first kappa shape index (κ1) is 15.7. The van der Waals surface area contributed by atoms with E-state index < -0.39 is 33.4 Å². The quantitative estimate of drug-likeness (QED) is 0.798. The Morgan fingerprint density at radius 1 is 1.32 bits per heavy atom. The van der Waals surface area contributed by atoms with E-state index in [2.05, 4.69) is 4.72 Å². The summed E-state index contributed by atoms with van der Waals surface area (Å²) in [6.07, 6.45) is 0. The highest BCUT2D eigenvalue weighted by atomic mass is 32.2. The third-order valence-electron chi connectivity index (χ3n) is 2.36. The van der Waals surface area contributed by atoms with Gasteiger partial charge in [-0.2, -0.15) is 0 Å². The largest absolute Gasteiger partial charge is 0.493 e. The second-order valence-electron chi connectivity index (χ2n) is 3.84. The van der Waals surface area contributed by atoms with Crippen molar-refractivity contribution in [1.29, 1.82) is 0 Å². The number of halogens is 1. The fourth-order valence-corrected chi connectivity index (χ4v) is 2.72. The standard InChI is InChI=1S/C11H16FNO5S/c1-7(6-14)13-19(15,16)11-5-10(18-3)9(17-2)4-8(11)12/h4-5,7,13-14H,6H2,1-3H3/t7-/m0/s1. The van der Waals surface area contributed by atoms with Crippen molar-refractivity contribution < 1.29 is 27.4 Å². The molecule has 0 fully saturated rings. The Labute approximate surface area is 111 Å². The van der Waals surface area contributed by atoms with Gasteiger partial charge in [-0.15, -0.1) is 0 Å². The van der Waals surface area contributed by atoms with Gasteiger partial charge in [0.05, 0.1) is 20.8 Å². The van der Waals surface area contributed by atoms with E-state index in [4.69, 9.17) is 14.6 Å². The molecule has 0 aromatic heterocycles. The number of rotatable bonds is 6. The summed E-state index contributed by atoms with van der Waals surface area (Å²) in [7, 11) is -1.45. The highest BCUT2D eigenvalue weighted by Gasteiger charge is 2.24. The van der Waals surface area contributed by atoms with Gasteiger partial charge in [0.2, 0.25) is 10.0 Å². The van der Waals surface area contributed by atoms with Crippen LogP contribution in [-0.4, -0.2) is 40.4 Å². The molecule has 0 heterocycles. The van der Waals surface area contributed by atoms with E-state index in [0.717, 1.165) is 12.1 Å². The van der Waals surface area contributed by atoms with Crippen LogP contribution in [0.15, 0.2) is 17.0 Å². The van der Waals surface area contributed by atoms with E-state index in [-0.39, 0.29) is 11.5 Å². The third-order valence-corrected chi connectivity index (χ3v) is 3.96. The summed E-state index contributed by atoms with van der Waals surface area (Å²) >= 11 is 0. The van der Waals surface area contributed by atoms with E-state index >= 15 is 0 Å². The van der Waals surface area contributed by atoms with Crippen molar-refractivity contribution in [2.45, 2.75) is 17.9 Å². The average molecular weight is 293 g/mol.